The second-order valence-electron chi connectivity index (χ2n) is 6.89. The van der Waals surface area contributed by atoms with Crippen LogP contribution in [0.2, 0.25) is 0 Å². The smallest absolute Gasteiger partial charge is 0.414 e. The van der Waals surface area contributed by atoms with Gasteiger partial charge in [-0.15, -0.1) is 0 Å². The van der Waals surface area contributed by atoms with Gasteiger partial charge in [0.25, 0.3) is 5.91 Å². The molecule has 30 heavy (non-hydrogen) atoms. The van der Waals surface area contributed by atoms with E-state index in [0.717, 1.165) is 0 Å². The fraction of sp³-hybridized carbons (Fsp3) is 0.200. The zero-order chi connectivity index (χ0) is 21.4. The SMILES string of the molecule is CC(=O)NC[C@H]1CN(c2ccc(-c3ccc4nc(C(N)=O)cn4c3)c(F)c2)C(=O)O1. The first-order valence-electron chi connectivity index (χ1n) is 9.13. The predicted octanol–water partition coefficient (Wildman–Crippen LogP) is 1.70. The molecular formula is C20H18FN5O4. The van der Waals surface area contributed by atoms with Crippen molar-refractivity contribution in [2.45, 2.75) is 13.0 Å². The van der Waals surface area contributed by atoms with Crippen LogP contribution in [0.1, 0.15) is 17.4 Å². The summed E-state index contributed by atoms with van der Waals surface area (Å²) in [6.07, 6.45) is 2.01. The van der Waals surface area contributed by atoms with E-state index >= 15 is 0 Å². The average Bonchev–Trinajstić information content (AvgIpc) is 3.29. The molecule has 1 atom stereocenters. The molecule has 3 N–H and O–H groups in total. The predicted molar refractivity (Wildman–Crippen MR) is 105 cm³/mol. The van der Waals surface area contributed by atoms with Gasteiger partial charge in [-0.05, 0) is 30.3 Å². The van der Waals surface area contributed by atoms with Crippen molar-refractivity contribution in [3.63, 3.8) is 0 Å². The summed E-state index contributed by atoms with van der Waals surface area (Å²) >= 11 is 0. The summed E-state index contributed by atoms with van der Waals surface area (Å²) in [5.41, 5.74) is 7.10. The second kappa shape index (κ2) is 7.47. The molecule has 10 heteroatoms. The molecule has 0 unspecified atom stereocenters. The molecule has 2 aromatic heterocycles. The minimum atomic E-state index is -0.648. The second-order valence-corrected chi connectivity index (χ2v) is 6.89. The first-order valence-corrected chi connectivity index (χ1v) is 9.13. The van der Waals surface area contributed by atoms with E-state index in [9.17, 15) is 18.8 Å². The van der Waals surface area contributed by atoms with Gasteiger partial charge in [-0.3, -0.25) is 14.5 Å². The summed E-state index contributed by atoms with van der Waals surface area (Å²) in [5.74, 6) is -1.40. The maximum absolute atomic E-state index is 14.9. The monoisotopic (exact) mass is 411 g/mol. The Morgan fingerprint density at radius 1 is 1.30 bits per heavy atom. The highest BCUT2D eigenvalue weighted by Crippen LogP contribution is 2.29. The van der Waals surface area contributed by atoms with Crippen LogP contribution in [0.3, 0.4) is 0 Å². The Hall–Kier alpha value is -3.95. The average molecular weight is 411 g/mol. The number of imidazole rings is 1. The van der Waals surface area contributed by atoms with Gasteiger partial charge in [0.15, 0.2) is 0 Å². The molecule has 4 rings (SSSR count). The van der Waals surface area contributed by atoms with Gasteiger partial charge in [0.2, 0.25) is 5.91 Å². The molecule has 9 nitrogen and oxygen atoms in total. The van der Waals surface area contributed by atoms with Gasteiger partial charge in [-0.2, -0.15) is 0 Å². The zero-order valence-electron chi connectivity index (χ0n) is 16.0. The minimum Gasteiger partial charge on any atom is -0.442 e. The Kier molecular flexibility index (Phi) is 4.82. The number of hydrogen-bond donors (Lipinski definition) is 2. The lowest BCUT2D eigenvalue weighted by molar-refractivity contribution is -0.119. The summed E-state index contributed by atoms with van der Waals surface area (Å²) in [6.45, 7) is 1.77. The third kappa shape index (κ3) is 3.66. The van der Waals surface area contributed by atoms with E-state index in [1.165, 1.54) is 24.1 Å². The van der Waals surface area contributed by atoms with Gasteiger partial charge < -0.3 is 20.2 Å². The Bertz CT molecular complexity index is 1180. The number of fused-ring (bicyclic) bond motifs is 1. The largest absolute Gasteiger partial charge is 0.442 e. The number of carbonyl (C=O) groups excluding carboxylic acids is 3. The molecule has 1 aliphatic heterocycles. The minimum absolute atomic E-state index is 0.115. The molecule has 3 amide bonds. The van der Waals surface area contributed by atoms with Crippen LogP contribution >= 0.6 is 0 Å². The topological polar surface area (TPSA) is 119 Å². The van der Waals surface area contributed by atoms with Crippen LogP contribution in [0.25, 0.3) is 16.8 Å². The van der Waals surface area contributed by atoms with Crippen LogP contribution in [0, 0.1) is 5.82 Å². The highest BCUT2D eigenvalue weighted by Gasteiger charge is 2.32. The number of amides is 3. The summed E-state index contributed by atoms with van der Waals surface area (Å²) < 4.78 is 21.7. The van der Waals surface area contributed by atoms with Gasteiger partial charge in [0.05, 0.1) is 18.8 Å². The molecule has 3 heterocycles. The summed E-state index contributed by atoms with van der Waals surface area (Å²) in [5, 5.41) is 2.59. The number of benzene rings is 1. The number of hydrogen-bond acceptors (Lipinski definition) is 5. The number of nitrogens with zero attached hydrogens (tertiary/aromatic N) is 3. The number of nitrogens with two attached hydrogens (primary N) is 1. The third-order valence-corrected chi connectivity index (χ3v) is 4.73. The van der Waals surface area contributed by atoms with E-state index in [1.54, 1.807) is 34.9 Å². The van der Waals surface area contributed by atoms with E-state index in [4.69, 9.17) is 10.5 Å². The van der Waals surface area contributed by atoms with Crippen LogP contribution in [-0.2, 0) is 9.53 Å². The number of cyclic esters (lactones) is 1. The van der Waals surface area contributed by atoms with Gasteiger partial charge in [-0.1, -0.05) is 0 Å². The summed E-state index contributed by atoms with van der Waals surface area (Å²) in [4.78, 5) is 39.8. The van der Waals surface area contributed by atoms with Crippen molar-refractivity contribution in [1.82, 2.24) is 14.7 Å². The molecule has 0 spiro atoms. The van der Waals surface area contributed by atoms with Crippen LogP contribution < -0.4 is 16.0 Å². The van der Waals surface area contributed by atoms with Crippen molar-refractivity contribution in [1.29, 1.82) is 0 Å². The van der Waals surface area contributed by atoms with E-state index in [2.05, 4.69) is 10.3 Å². The van der Waals surface area contributed by atoms with E-state index in [1.807, 2.05) is 0 Å². The van der Waals surface area contributed by atoms with E-state index in [0.29, 0.717) is 22.5 Å². The van der Waals surface area contributed by atoms with Gasteiger partial charge in [-0.25, -0.2) is 14.2 Å². The number of aromatic nitrogens is 2. The molecule has 0 saturated carbocycles. The lowest BCUT2D eigenvalue weighted by Crippen LogP contribution is -2.33. The molecular weight excluding hydrogens is 393 g/mol. The third-order valence-electron chi connectivity index (χ3n) is 4.73. The number of rotatable bonds is 5. The number of halogens is 1. The Labute approximate surface area is 170 Å². The number of primary amides is 1. The van der Waals surface area contributed by atoms with E-state index in [-0.39, 0.29) is 24.7 Å². The van der Waals surface area contributed by atoms with Crippen molar-refractivity contribution < 1.29 is 23.5 Å². The molecule has 0 bridgehead atoms. The lowest BCUT2D eigenvalue weighted by Gasteiger charge is -2.14. The van der Waals surface area contributed by atoms with Crippen molar-refractivity contribution in [2.24, 2.45) is 5.73 Å². The van der Waals surface area contributed by atoms with Crippen LogP contribution in [0.4, 0.5) is 14.9 Å². The zero-order valence-corrected chi connectivity index (χ0v) is 16.0. The number of carbonyl (C=O) groups is 3. The number of anilines is 1. The quantitative estimate of drug-likeness (QED) is 0.662. The molecule has 3 aromatic rings. The Morgan fingerprint density at radius 3 is 2.80 bits per heavy atom. The molecule has 1 saturated heterocycles. The summed E-state index contributed by atoms with van der Waals surface area (Å²) in [7, 11) is 0. The van der Waals surface area contributed by atoms with Crippen molar-refractivity contribution in [2.75, 3.05) is 18.0 Å². The first kappa shape index (κ1) is 19.4. The molecule has 0 radical (unpaired) electrons. The Balaban J connectivity index is 1.57. The van der Waals surface area contributed by atoms with Crippen LogP contribution in [0.15, 0.2) is 42.7 Å². The van der Waals surface area contributed by atoms with Crippen LogP contribution in [-0.4, -0.2) is 46.5 Å². The maximum Gasteiger partial charge on any atom is 0.414 e. The first-order chi connectivity index (χ1) is 14.3. The lowest BCUT2D eigenvalue weighted by atomic mass is 10.1. The number of ether oxygens (including phenoxy) is 1. The van der Waals surface area contributed by atoms with Crippen LogP contribution in [0.5, 0.6) is 0 Å². The molecule has 1 fully saturated rings. The van der Waals surface area contributed by atoms with Crippen molar-refractivity contribution in [3.8, 4) is 11.1 Å². The maximum atomic E-state index is 14.9. The van der Waals surface area contributed by atoms with E-state index < -0.39 is 23.9 Å². The highest BCUT2D eigenvalue weighted by atomic mass is 19.1. The number of nitrogens with one attached hydrogen (secondary N) is 1. The van der Waals surface area contributed by atoms with Crippen molar-refractivity contribution >= 4 is 29.2 Å². The number of pyridine rings is 1. The molecule has 1 aromatic carbocycles. The molecule has 0 aliphatic carbocycles. The molecule has 154 valence electrons. The standard InChI is InChI=1S/C20H18FN5O4/c1-11(27)23-7-14-9-26(20(29)30-14)13-3-4-15(16(21)6-13)12-2-5-18-24-17(19(22)28)10-25(18)8-12/h2-6,8,10,14H,7,9H2,1H3,(H2,22,28)(H,23,27)/t14-/m0/s1. The fourth-order valence-corrected chi connectivity index (χ4v) is 3.27. The highest BCUT2D eigenvalue weighted by molar-refractivity contribution is 5.91. The Morgan fingerprint density at radius 2 is 2.10 bits per heavy atom. The van der Waals surface area contributed by atoms with Gasteiger partial charge in [0.1, 0.15) is 23.3 Å². The fourth-order valence-electron chi connectivity index (χ4n) is 3.27. The van der Waals surface area contributed by atoms with Gasteiger partial charge in [0, 0.05) is 30.4 Å². The van der Waals surface area contributed by atoms with Crippen molar-refractivity contribution in [3.05, 3.63) is 54.2 Å². The molecule has 1 aliphatic rings. The normalized spacial score (nSPS) is 16.0. The summed E-state index contributed by atoms with van der Waals surface area (Å²) in [6, 6.07) is 7.77. The van der Waals surface area contributed by atoms with Gasteiger partial charge >= 0.3 is 6.09 Å².